The van der Waals surface area contributed by atoms with Crippen molar-refractivity contribution in [1.29, 1.82) is 0 Å². The van der Waals surface area contributed by atoms with Gasteiger partial charge in [0.25, 0.3) is 5.91 Å². The largest absolute Gasteiger partial charge is 0.545 e. The molecular formula is C17H14N3O3S-. The normalized spacial score (nSPS) is 15.7. The zero-order valence-corrected chi connectivity index (χ0v) is 13.9. The molecule has 0 saturated carbocycles. The molecule has 0 spiro atoms. The summed E-state index contributed by atoms with van der Waals surface area (Å²) in [5.41, 5.74) is 1.37. The van der Waals surface area contributed by atoms with Crippen LogP contribution in [0.2, 0.25) is 0 Å². The van der Waals surface area contributed by atoms with Crippen molar-refractivity contribution in [2.24, 2.45) is 12.0 Å². The number of carboxylic acids is 1. The molecule has 24 heavy (non-hydrogen) atoms. The molecule has 0 fully saturated rings. The first-order valence-electron chi connectivity index (χ1n) is 7.15. The summed E-state index contributed by atoms with van der Waals surface area (Å²) in [5.74, 6) is -1.61. The number of anilines is 1. The van der Waals surface area contributed by atoms with Crippen LogP contribution >= 0.6 is 11.8 Å². The summed E-state index contributed by atoms with van der Waals surface area (Å²) < 4.78 is 1.90. The van der Waals surface area contributed by atoms with Gasteiger partial charge in [-0.25, -0.2) is 0 Å². The van der Waals surface area contributed by atoms with Gasteiger partial charge < -0.3 is 19.4 Å². The number of para-hydroxylation sites is 1. The van der Waals surface area contributed by atoms with Gasteiger partial charge in [0, 0.05) is 31.5 Å². The van der Waals surface area contributed by atoms with Crippen LogP contribution in [0.3, 0.4) is 0 Å². The van der Waals surface area contributed by atoms with Crippen molar-refractivity contribution in [1.82, 2.24) is 4.57 Å². The lowest BCUT2D eigenvalue weighted by Crippen LogP contribution is -2.29. The second-order valence-corrected chi connectivity index (χ2v) is 6.23. The predicted octanol–water partition coefficient (Wildman–Crippen LogP) is 1.50. The van der Waals surface area contributed by atoms with Crippen LogP contribution in [-0.4, -0.2) is 28.7 Å². The topological polar surface area (TPSA) is 77.7 Å². The smallest absolute Gasteiger partial charge is 0.286 e. The minimum Gasteiger partial charge on any atom is -0.545 e. The van der Waals surface area contributed by atoms with E-state index < -0.39 is 5.97 Å². The van der Waals surface area contributed by atoms with E-state index in [0.717, 1.165) is 5.69 Å². The molecule has 0 atom stereocenters. The number of aryl methyl sites for hydroxylation is 1. The Morgan fingerprint density at radius 3 is 2.71 bits per heavy atom. The Labute approximate surface area is 143 Å². The monoisotopic (exact) mass is 340 g/mol. The van der Waals surface area contributed by atoms with Gasteiger partial charge in [-0.1, -0.05) is 18.2 Å². The average Bonchev–Trinajstić information content (AvgIpc) is 3.13. The number of hydrogen-bond acceptors (Lipinski definition) is 5. The molecule has 6 nitrogen and oxygen atoms in total. The van der Waals surface area contributed by atoms with Gasteiger partial charge in [-0.3, -0.25) is 4.79 Å². The van der Waals surface area contributed by atoms with Crippen molar-refractivity contribution in [3.63, 3.8) is 0 Å². The molecule has 7 heteroatoms. The summed E-state index contributed by atoms with van der Waals surface area (Å²) in [6, 6.07) is 10.2. The molecule has 0 saturated heterocycles. The molecule has 1 aromatic carbocycles. The van der Waals surface area contributed by atoms with E-state index in [-0.39, 0.29) is 11.5 Å². The maximum atomic E-state index is 12.1. The van der Waals surface area contributed by atoms with Crippen molar-refractivity contribution in [2.75, 3.05) is 11.9 Å². The van der Waals surface area contributed by atoms with Crippen LogP contribution in [0.15, 0.2) is 52.5 Å². The lowest BCUT2D eigenvalue weighted by atomic mass is 10.1. The fraction of sp³-hybridized carbons (Fsp3) is 0.118. The summed E-state index contributed by atoms with van der Waals surface area (Å²) in [5, 5.41) is 11.7. The van der Waals surface area contributed by atoms with E-state index >= 15 is 0 Å². The molecule has 0 aliphatic carbocycles. The fourth-order valence-electron chi connectivity index (χ4n) is 2.34. The van der Waals surface area contributed by atoms with E-state index in [4.69, 9.17) is 0 Å². The Hall–Kier alpha value is -2.80. The molecule has 122 valence electrons. The van der Waals surface area contributed by atoms with Crippen LogP contribution in [0.5, 0.6) is 0 Å². The molecular weight excluding hydrogens is 326 g/mol. The van der Waals surface area contributed by atoms with E-state index in [9.17, 15) is 14.7 Å². The van der Waals surface area contributed by atoms with Crippen molar-refractivity contribution in [2.45, 2.75) is 0 Å². The third kappa shape index (κ3) is 2.98. The number of aromatic nitrogens is 1. The quantitative estimate of drug-likeness (QED) is 0.791. The van der Waals surface area contributed by atoms with Gasteiger partial charge in [0.15, 0.2) is 5.17 Å². The Bertz CT molecular complexity index is 883. The zero-order chi connectivity index (χ0) is 17.3. The van der Waals surface area contributed by atoms with E-state index in [0.29, 0.717) is 15.8 Å². The van der Waals surface area contributed by atoms with Crippen molar-refractivity contribution < 1.29 is 14.7 Å². The number of nitrogens with zero attached hydrogens (tertiary/aromatic N) is 3. The predicted molar refractivity (Wildman–Crippen MR) is 92.6 cm³/mol. The highest BCUT2D eigenvalue weighted by molar-refractivity contribution is 8.18. The van der Waals surface area contributed by atoms with Crippen LogP contribution in [0.1, 0.15) is 16.1 Å². The lowest BCUT2D eigenvalue weighted by Gasteiger charge is -2.21. The van der Waals surface area contributed by atoms with E-state index in [1.54, 1.807) is 36.2 Å². The van der Waals surface area contributed by atoms with Gasteiger partial charge in [-0.15, -0.1) is 0 Å². The summed E-state index contributed by atoms with van der Waals surface area (Å²) in [7, 11) is 3.56. The van der Waals surface area contributed by atoms with Gasteiger partial charge in [-0.05, 0) is 36.0 Å². The summed E-state index contributed by atoms with van der Waals surface area (Å²) >= 11 is 1.21. The first-order chi connectivity index (χ1) is 11.5. The number of aliphatic imine (C=N–C) groups is 1. The SMILES string of the molecule is CN(C1=NC(=O)/C(=C\c2cccn2C)S1)c1ccccc1C(=O)[O-]. The molecule has 0 bridgehead atoms. The molecule has 1 aliphatic heterocycles. The maximum absolute atomic E-state index is 12.1. The van der Waals surface area contributed by atoms with E-state index in [1.165, 1.54) is 17.8 Å². The number of amides is 1. The van der Waals surface area contributed by atoms with E-state index in [1.807, 2.05) is 29.9 Å². The van der Waals surface area contributed by atoms with E-state index in [2.05, 4.69) is 4.99 Å². The van der Waals surface area contributed by atoms with Gasteiger partial charge in [0.1, 0.15) is 0 Å². The molecule has 3 rings (SSSR count). The highest BCUT2D eigenvalue weighted by Crippen LogP contribution is 2.32. The number of benzene rings is 1. The Balaban J connectivity index is 1.88. The number of carboxylic acid groups (broad SMARTS) is 1. The number of amidine groups is 1. The molecule has 2 heterocycles. The van der Waals surface area contributed by atoms with Crippen LogP contribution in [0, 0.1) is 0 Å². The van der Waals surface area contributed by atoms with Crippen molar-refractivity contribution in [3.05, 3.63) is 58.8 Å². The van der Waals surface area contributed by atoms with Crippen LogP contribution in [0.25, 0.3) is 6.08 Å². The first kappa shape index (κ1) is 16.1. The molecule has 1 aliphatic rings. The van der Waals surface area contributed by atoms with Crippen molar-refractivity contribution >= 4 is 40.6 Å². The zero-order valence-electron chi connectivity index (χ0n) is 13.1. The van der Waals surface area contributed by atoms with Gasteiger partial charge in [0.2, 0.25) is 0 Å². The lowest BCUT2D eigenvalue weighted by molar-refractivity contribution is -0.254. The molecule has 1 aromatic heterocycles. The van der Waals surface area contributed by atoms with Gasteiger partial charge in [0.05, 0.1) is 16.6 Å². The van der Waals surface area contributed by atoms with Crippen LogP contribution < -0.4 is 10.0 Å². The maximum Gasteiger partial charge on any atom is 0.286 e. The summed E-state index contributed by atoms with van der Waals surface area (Å²) in [6.45, 7) is 0. The average molecular weight is 340 g/mol. The highest BCUT2D eigenvalue weighted by atomic mass is 32.2. The second-order valence-electron chi connectivity index (χ2n) is 5.22. The first-order valence-corrected chi connectivity index (χ1v) is 7.97. The summed E-state index contributed by atoms with van der Waals surface area (Å²) in [6.07, 6.45) is 3.66. The number of aromatic carboxylic acids is 1. The Morgan fingerprint density at radius 2 is 2.04 bits per heavy atom. The number of carbonyl (C=O) groups excluding carboxylic acids is 2. The number of carbonyl (C=O) groups is 2. The number of rotatable bonds is 3. The van der Waals surface area contributed by atoms with Crippen molar-refractivity contribution in [3.8, 4) is 0 Å². The number of thioether (sulfide) groups is 1. The van der Waals surface area contributed by atoms with Crippen LogP contribution in [0.4, 0.5) is 5.69 Å². The molecule has 0 N–H and O–H groups in total. The minimum absolute atomic E-state index is 0.0515. The third-order valence-corrected chi connectivity index (χ3v) is 4.70. The number of hydrogen-bond donors (Lipinski definition) is 0. The third-order valence-electron chi connectivity index (χ3n) is 3.64. The molecule has 0 radical (unpaired) electrons. The van der Waals surface area contributed by atoms with Gasteiger partial charge >= 0.3 is 0 Å². The summed E-state index contributed by atoms with van der Waals surface area (Å²) in [4.78, 5) is 29.5. The fourth-order valence-corrected chi connectivity index (χ4v) is 3.21. The second kappa shape index (κ2) is 6.37. The van der Waals surface area contributed by atoms with Crippen LogP contribution in [-0.2, 0) is 11.8 Å². The molecule has 2 aromatic rings. The Morgan fingerprint density at radius 1 is 1.29 bits per heavy atom. The minimum atomic E-state index is -1.27. The van der Waals surface area contributed by atoms with Gasteiger partial charge in [-0.2, -0.15) is 4.99 Å². The highest BCUT2D eigenvalue weighted by Gasteiger charge is 2.26. The Kier molecular flexibility index (Phi) is 4.26. The standard InChI is InChI=1S/C17H15N3O3S/c1-19-9-5-6-11(19)10-14-15(21)18-17(24-14)20(2)13-8-4-3-7-12(13)16(22)23/h3-10H,1-2H3,(H,22,23)/p-1/b14-10+. The molecule has 0 unspecified atom stereocenters. The molecule has 1 amide bonds.